The first kappa shape index (κ1) is 48.8. The van der Waals surface area contributed by atoms with E-state index in [1.165, 1.54) is 32.0 Å². The molecule has 4 aromatic rings. The van der Waals surface area contributed by atoms with Crippen molar-refractivity contribution in [3.05, 3.63) is 99.5 Å². The number of benzene rings is 2. The number of rotatable bonds is 11. The molecule has 2 heterocycles. The molecule has 2 aromatic heterocycles. The lowest BCUT2D eigenvalue weighted by atomic mass is 9.82. The number of sulfone groups is 1. The number of nitrogens with zero attached hydrogens (tertiary/aromatic N) is 4. The second kappa shape index (κ2) is 17.0. The number of carbonyl (C=O) groups excluding carboxylic acids is 1. The Morgan fingerprint density at radius 2 is 1.62 bits per heavy atom. The Morgan fingerprint density at radius 3 is 2.17 bits per heavy atom. The number of allylic oxidation sites excluding steroid dienone is 4. The van der Waals surface area contributed by atoms with Gasteiger partial charge in [-0.3, -0.25) is 19.2 Å². The summed E-state index contributed by atoms with van der Waals surface area (Å²) in [6.45, 7) is -0.593. The van der Waals surface area contributed by atoms with Gasteiger partial charge in [-0.05, 0) is 62.1 Å². The number of aromatic nitrogens is 3. The Kier molecular flexibility index (Phi) is 12.7. The number of hydrogen-bond donors (Lipinski definition) is 3. The molecule has 348 valence electrons. The van der Waals surface area contributed by atoms with Crippen LogP contribution in [0.5, 0.6) is 0 Å². The Labute approximate surface area is 369 Å². The van der Waals surface area contributed by atoms with Gasteiger partial charge in [0.2, 0.25) is 15.9 Å². The number of fused-ring (bicyclic) bond motifs is 2. The molecule has 1 saturated carbocycles. The van der Waals surface area contributed by atoms with Crippen molar-refractivity contribution in [2.24, 2.45) is 22.6 Å². The van der Waals surface area contributed by atoms with Crippen molar-refractivity contribution >= 4 is 59.8 Å². The molecular weight excluding hydrogens is 948 g/mol. The lowest BCUT2D eigenvalue weighted by Crippen LogP contribution is -2.35. The van der Waals surface area contributed by atoms with Crippen molar-refractivity contribution in [2.75, 3.05) is 23.8 Å². The number of anilines is 1. The third-order valence-corrected chi connectivity index (χ3v) is 13.2. The third kappa shape index (κ3) is 10.4. The number of alkyl halides is 8. The normalized spacial score (nSPS) is 19.3. The fourth-order valence-electron chi connectivity index (χ4n) is 7.05. The molecule has 0 bridgehead atoms. The molecule has 25 heteroatoms. The zero-order valence-corrected chi connectivity index (χ0v) is 36.3. The van der Waals surface area contributed by atoms with Crippen LogP contribution in [0.25, 0.3) is 22.0 Å². The number of halogens is 11. The van der Waals surface area contributed by atoms with Crippen molar-refractivity contribution in [2.45, 2.75) is 55.9 Å². The van der Waals surface area contributed by atoms with Crippen LogP contribution < -0.4 is 15.8 Å². The molecule has 0 aliphatic heterocycles. The monoisotopic (exact) mass is 981 g/mol. The van der Waals surface area contributed by atoms with Crippen LogP contribution in [-0.2, 0) is 37.6 Å². The van der Waals surface area contributed by atoms with Gasteiger partial charge in [0.05, 0.1) is 39.8 Å². The van der Waals surface area contributed by atoms with Crippen LogP contribution in [0.15, 0.2) is 70.9 Å². The minimum atomic E-state index is -5.27. The van der Waals surface area contributed by atoms with Crippen LogP contribution in [0.2, 0.25) is 5.02 Å². The van der Waals surface area contributed by atoms with E-state index in [1.807, 2.05) is 4.72 Å². The summed E-state index contributed by atoms with van der Waals surface area (Å²) in [5, 5.41) is 5.61. The summed E-state index contributed by atoms with van der Waals surface area (Å²) < 4.78 is 194. The second-order valence-electron chi connectivity index (χ2n) is 15.6. The number of sulfonamides is 1. The maximum absolute atomic E-state index is 15.5. The molecule has 2 aromatic carbocycles. The number of aliphatic imine (C=N–C) groups is 1. The van der Waals surface area contributed by atoms with Crippen LogP contribution in [0.3, 0.4) is 0 Å². The fourth-order valence-corrected chi connectivity index (χ4v) is 8.02. The average Bonchev–Trinajstić information content (AvgIpc) is 3.53. The predicted molar refractivity (Wildman–Crippen MR) is 220 cm³/mol. The summed E-state index contributed by atoms with van der Waals surface area (Å²) in [5.74, 6) is -6.29. The molecule has 1 fully saturated rings. The number of nitrogens with one attached hydrogen (secondary N) is 2. The average molecular weight is 982 g/mol. The summed E-state index contributed by atoms with van der Waals surface area (Å²) in [6.07, 6.45) is -7.28. The van der Waals surface area contributed by atoms with Gasteiger partial charge in [0.25, 0.3) is 5.92 Å². The lowest BCUT2D eigenvalue weighted by molar-refractivity contribution is -0.141. The van der Waals surface area contributed by atoms with Gasteiger partial charge in [-0.1, -0.05) is 35.7 Å². The van der Waals surface area contributed by atoms with Gasteiger partial charge >= 0.3 is 12.4 Å². The first-order valence-corrected chi connectivity index (χ1v) is 22.8. The summed E-state index contributed by atoms with van der Waals surface area (Å²) in [7, 11) is -8.07. The smallest absolute Gasteiger partial charge is 0.394 e. The minimum Gasteiger partial charge on any atom is -0.394 e. The maximum Gasteiger partial charge on any atom is 0.431 e. The van der Waals surface area contributed by atoms with Gasteiger partial charge in [0, 0.05) is 34.9 Å². The summed E-state index contributed by atoms with van der Waals surface area (Å²) in [6, 6.07) is 5.22. The molecule has 0 unspecified atom stereocenters. The van der Waals surface area contributed by atoms with Crippen molar-refractivity contribution < 1.29 is 65.5 Å². The number of pyridine rings is 1. The SMILES string of the molecule is CC(C)(C#Cc1ccc(-c2ccc(Cl)c3c(NS(C)(=O)=O)nn(CC(F)(F)F)c23)c([C@H](Cc2cc(F)cc(F)c2)NC(=O)CN=C2C(=C(N)C(F)(F)F)[C@H]3C=C[C@H]3C2(F)F)n1)S(C)(=O)=O. The summed E-state index contributed by atoms with van der Waals surface area (Å²) in [5.41, 5.74) is -0.735. The van der Waals surface area contributed by atoms with Crippen LogP contribution in [0.4, 0.5) is 49.7 Å². The molecular formula is C40H34ClF10N7O5S2. The van der Waals surface area contributed by atoms with E-state index >= 15 is 8.78 Å². The number of carbonyl (C=O) groups is 1. The maximum atomic E-state index is 15.5. The van der Waals surface area contributed by atoms with E-state index in [0.717, 1.165) is 36.6 Å². The van der Waals surface area contributed by atoms with E-state index in [2.05, 4.69) is 32.2 Å². The van der Waals surface area contributed by atoms with Gasteiger partial charge in [0.1, 0.15) is 46.6 Å². The number of nitrogens with two attached hydrogens (primary N) is 1. The molecule has 0 spiro atoms. The van der Waals surface area contributed by atoms with Crippen molar-refractivity contribution in [3.63, 3.8) is 0 Å². The van der Waals surface area contributed by atoms with E-state index in [4.69, 9.17) is 17.3 Å². The van der Waals surface area contributed by atoms with E-state index in [9.17, 15) is 56.8 Å². The Balaban J connectivity index is 1.59. The highest BCUT2D eigenvalue weighted by Gasteiger charge is 2.61. The van der Waals surface area contributed by atoms with Crippen molar-refractivity contribution in [1.82, 2.24) is 20.1 Å². The highest BCUT2D eigenvalue weighted by molar-refractivity contribution is 7.92. The van der Waals surface area contributed by atoms with E-state index in [1.54, 1.807) is 0 Å². The van der Waals surface area contributed by atoms with Gasteiger partial charge < -0.3 is 11.1 Å². The largest absolute Gasteiger partial charge is 0.431 e. The topological polar surface area (TPSA) is 178 Å². The third-order valence-electron chi connectivity index (χ3n) is 10.3. The van der Waals surface area contributed by atoms with Gasteiger partial charge in [-0.15, -0.1) is 0 Å². The highest BCUT2D eigenvalue weighted by atomic mass is 35.5. The highest BCUT2D eigenvalue weighted by Crippen LogP contribution is 2.54. The Bertz CT molecular complexity index is 2990. The molecule has 3 atom stereocenters. The zero-order chi connectivity index (χ0) is 48.4. The molecule has 1 amide bonds. The van der Waals surface area contributed by atoms with Crippen molar-refractivity contribution in [1.29, 1.82) is 0 Å². The first-order chi connectivity index (χ1) is 29.8. The van der Waals surface area contributed by atoms with Gasteiger partial charge in [0.15, 0.2) is 15.7 Å². The number of amides is 1. The van der Waals surface area contributed by atoms with E-state index in [0.29, 0.717) is 17.0 Å². The second-order valence-corrected chi connectivity index (χ2v) is 20.3. The van der Waals surface area contributed by atoms with Crippen LogP contribution in [-0.4, -0.2) is 85.3 Å². The molecule has 4 N–H and O–H groups in total. The molecule has 2 aliphatic rings. The van der Waals surface area contributed by atoms with Crippen LogP contribution in [0.1, 0.15) is 36.8 Å². The number of hydrogen-bond acceptors (Lipinski definition) is 9. The molecule has 6 rings (SSSR count). The molecule has 12 nitrogen and oxygen atoms in total. The molecule has 2 aliphatic carbocycles. The van der Waals surface area contributed by atoms with Gasteiger partial charge in [-0.2, -0.15) is 40.2 Å². The molecule has 65 heavy (non-hydrogen) atoms. The molecule has 0 radical (unpaired) electrons. The van der Waals surface area contributed by atoms with E-state index in [-0.39, 0.29) is 38.5 Å². The summed E-state index contributed by atoms with van der Waals surface area (Å²) in [4.78, 5) is 21.9. The summed E-state index contributed by atoms with van der Waals surface area (Å²) >= 11 is 6.45. The fraction of sp³-hybridized carbons (Fsp3) is 0.350. The predicted octanol–water partition coefficient (Wildman–Crippen LogP) is 7.21. The zero-order valence-electron chi connectivity index (χ0n) is 33.9. The van der Waals surface area contributed by atoms with Crippen LogP contribution in [0, 0.1) is 35.3 Å². The van der Waals surface area contributed by atoms with Crippen LogP contribution >= 0.6 is 11.6 Å². The van der Waals surface area contributed by atoms with E-state index < -0.39 is 126 Å². The Hall–Kier alpha value is -5.67. The molecule has 0 saturated heterocycles. The van der Waals surface area contributed by atoms with Gasteiger partial charge in [-0.25, -0.2) is 30.6 Å². The lowest BCUT2D eigenvalue weighted by Gasteiger charge is -2.25. The minimum absolute atomic E-state index is 0.197. The standard InChI is InChI=1S/C40H34ClF10N7O5S2/c1-37(2,64(3,60)61)12-11-22-5-6-23(24-8-10-27(41)31-33(24)58(18-38(44,45)46)56-36(31)57-65(4,62)63)32(54-22)28(15-19-13-20(42)16-21(43)14-19)55-29(59)17-53-35-30(34(52)40(49,50)51)25-7-9-26(25)39(35,47)48/h5-10,13-14,16,25-26,28H,15,17-18,52H2,1-4H3,(H,55,59)(H,56,57)/t25-,26+,28-/m0/s1. The Morgan fingerprint density at radius 1 is 0.985 bits per heavy atom. The van der Waals surface area contributed by atoms with Crippen molar-refractivity contribution in [3.8, 4) is 23.0 Å². The first-order valence-electron chi connectivity index (χ1n) is 18.7. The quantitative estimate of drug-likeness (QED) is 0.0802.